The van der Waals surface area contributed by atoms with Crippen LogP contribution >= 0.6 is 0 Å². The molecule has 156 valence electrons. The Morgan fingerprint density at radius 2 is 1.93 bits per heavy atom. The smallest absolute Gasteiger partial charge is 0.272 e. The fourth-order valence-electron chi connectivity index (χ4n) is 4.28. The van der Waals surface area contributed by atoms with E-state index in [4.69, 9.17) is 4.74 Å². The van der Waals surface area contributed by atoms with Crippen LogP contribution < -0.4 is 19.9 Å². The van der Waals surface area contributed by atoms with E-state index in [0.717, 1.165) is 19.6 Å². The summed E-state index contributed by atoms with van der Waals surface area (Å²) in [5, 5.41) is 7.73. The molecule has 1 aromatic heterocycles. The standard InChI is InChI=1S/C21H22N4O4S/c26-21-15-5-4-6-18-19(15)20(23-24-21)16-13-14(7-8-17(16)29-18)30(27,28)22-9-12-25-10-2-1-3-11-25/h4-8,13,22H,1-3,9-12H2,(H,24,26)/p+1. The second kappa shape index (κ2) is 7.50. The van der Waals surface area contributed by atoms with Crippen molar-refractivity contribution in [2.24, 2.45) is 0 Å². The lowest BCUT2D eigenvalue weighted by molar-refractivity contribution is -0.903. The van der Waals surface area contributed by atoms with Gasteiger partial charge >= 0.3 is 0 Å². The molecule has 0 radical (unpaired) electrons. The van der Waals surface area contributed by atoms with Crippen LogP contribution in [-0.2, 0) is 10.0 Å². The summed E-state index contributed by atoms with van der Waals surface area (Å²) in [6.07, 6.45) is 3.67. The molecule has 3 heterocycles. The van der Waals surface area contributed by atoms with Crippen molar-refractivity contribution in [1.29, 1.82) is 0 Å². The van der Waals surface area contributed by atoms with E-state index in [-0.39, 0.29) is 10.5 Å². The van der Waals surface area contributed by atoms with Gasteiger partial charge in [-0.3, -0.25) is 4.79 Å². The Morgan fingerprint density at radius 3 is 2.77 bits per heavy atom. The molecule has 30 heavy (non-hydrogen) atoms. The Bertz CT molecular complexity index is 1280. The van der Waals surface area contributed by atoms with Crippen molar-refractivity contribution in [1.82, 2.24) is 14.9 Å². The second-order valence-corrected chi connectivity index (χ2v) is 9.57. The van der Waals surface area contributed by atoms with Gasteiger partial charge in [0.05, 0.1) is 41.8 Å². The lowest BCUT2D eigenvalue weighted by Crippen LogP contribution is -3.13. The summed E-state index contributed by atoms with van der Waals surface area (Å²) in [5.41, 5.74) is 0.740. The molecule has 0 bridgehead atoms. The number of quaternary nitrogens is 1. The molecule has 9 heteroatoms. The van der Waals surface area contributed by atoms with Crippen molar-refractivity contribution in [3.8, 4) is 22.8 Å². The minimum absolute atomic E-state index is 0.152. The highest BCUT2D eigenvalue weighted by atomic mass is 32.2. The molecular weight excluding hydrogens is 404 g/mol. The number of hydrogen-bond acceptors (Lipinski definition) is 5. The highest BCUT2D eigenvalue weighted by Crippen LogP contribution is 2.44. The molecule has 0 spiro atoms. The van der Waals surface area contributed by atoms with E-state index in [1.54, 1.807) is 30.3 Å². The molecule has 8 nitrogen and oxygen atoms in total. The summed E-state index contributed by atoms with van der Waals surface area (Å²) < 4.78 is 34.4. The predicted molar refractivity (Wildman–Crippen MR) is 112 cm³/mol. The van der Waals surface area contributed by atoms with Crippen LogP contribution in [0.2, 0.25) is 0 Å². The first kappa shape index (κ1) is 19.2. The summed E-state index contributed by atoms with van der Waals surface area (Å²) in [6, 6.07) is 9.93. The van der Waals surface area contributed by atoms with Gasteiger partial charge in [-0.1, -0.05) is 6.07 Å². The molecule has 1 fully saturated rings. The minimum Gasteiger partial charge on any atom is -0.456 e. The number of fused-ring (bicyclic) bond motifs is 2. The van der Waals surface area contributed by atoms with Gasteiger partial charge in [-0.15, -0.1) is 0 Å². The highest BCUT2D eigenvalue weighted by molar-refractivity contribution is 7.89. The fourth-order valence-corrected chi connectivity index (χ4v) is 5.34. The van der Waals surface area contributed by atoms with Crippen LogP contribution in [0.3, 0.4) is 0 Å². The first-order chi connectivity index (χ1) is 14.5. The van der Waals surface area contributed by atoms with E-state index < -0.39 is 10.0 Å². The average molecular weight is 428 g/mol. The SMILES string of the molecule is O=c1[nH]nc2c3c(cccc13)Oc1ccc(S(=O)(=O)NCC[NH+]3CCCCC3)cc1-2. The van der Waals surface area contributed by atoms with Crippen LogP contribution in [0.4, 0.5) is 0 Å². The summed E-state index contributed by atoms with van der Waals surface area (Å²) >= 11 is 0. The van der Waals surface area contributed by atoms with Crippen LogP contribution in [0.5, 0.6) is 11.5 Å². The Hall–Kier alpha value is -2.75. The Morgan fingerprint density at radius 1 is 1.10 bits per heavy atom. The van der Waals surface area contributed by atoms with Gasteiger partial charge in [0.25, 0.3) is 5.56 Å². The largest absolute Gasteiger partial charge is 0.456 e. The zero-order valence-corrected chi connectivity index (χ0v) is 17.2. The number of aromatic amines is 1. The Kier molecular flexibility index (Phi) is 4.80. The molecule has 2 aliphatic heterocycles. The number of likely N-dealkylation sites (tertiary alicyclic amines) is 1. The second-order valence-electron chi connectivity index (χ2n) is 7.80. The molecule has 0 amide bonds. The lowest BCUT2D eigenvalue weighted by atomic mass is 10.0. The summed E-state index contributed by atoms with van der Waals surface area (Å²) in [4.78, 5) is 13.7. The van der Waals surface area contributed by atoms with Crippen LogP contribution in [-0.4, -0.2) is 44.8 Å². The van der Waals surface area contributed by atoms with E-state index in [0.29, 0.717) is 40.1 Å². The molecule has 0 saturated carbocycles. The van der Waals surface area contributed by atoms with Gasteiger partial charge in [-0.05, 0) is 49.6 Å². The van der Waals surface area contributed by atoms with Gasteiger partial charge in [0.1, 0.15) is 17.2 Å². The number of H-pyrrole nitrogens is 1. The third kappa shape index (κ3) is 3.38. The Balaban J connectivity index is 1.45. The molecule has 2 aromatic carbocycles. The number of ether oxygens (including phenoxy) is 1. The molecular formula is C21H23N4O4S+. The number of piperidine rings is 1. The van der Waals surface area contributed by atoms with Crippen LogP contribution in [0.25, 0.3) is 22.0 Å². The van der Waals surface area contributed by atoms with Crippen LogP contribution in [0, 0.1) is 0 Å². The first-order valence-electron chi connectivity index (χ1n) is 10.2. The zero-order valence-electron chi connectivity index (χ0n) is 16.4. The van der Waals surface area contributed by atoms with Gasteiger partial charge in [-0.25, -0.2) is 18.2 Å². The van der Waals surface area contributed by atoms with E-state index in [9.17, 15) is 13.2 Å². The third-order valence-electron chi connectivity index (χ3n) is 5.84. The molecule has 2 aliphatic rings. The number of nitrogens with one attached hydrogen (secondary N) is 3. The van der Waals surface area contributed by atoms with Gasteiger partial charge in [0.2, 0.25) is 10.0 Å². The third-order valence-corrected chi connectivity index (χ3v) is 7.30. The number of aromatic nitrogens is 2. The van der Waals surface area contributed by atoms with Gasteiger partial charge in [0.15, 0.2) is 0 Å². The molecule has 0 unspecified atom stereocenters. The number of benzene rings is 2. The van der Waals surface area contributed by atoms with Gasteiger partial charge in [-0.2, -0.15) is 5.10 Å². The number of rotatable bonds is 5. The molecule has 1 saturated heterocycles. The minimum atomic E-state index is -3.67. The number of hydrogen-bond donors (Lipinski definition) is 3. The highest BCUT2D eigenvalue weighted by Gasteiger charge is 2.25. The van der Waals surface area contributed by atoms with Crippen LogP contribution in [0.15, 0.2) is 46.1 Å². The van der Waals surface area contributed by atoms with E-state index in [1.165, 1.54) is 30.2 Å². The van der Waals surface area contributed by atoms with Crippen molar-refractivity contribution in [2.75, 3.05) is 26.2 Å². The van der Waals surface area contributed by atoms with Crippen molar-refractivity contribution in [3.63, 3.8) is 0 Å². The zero-order chi connectivity index (χ0) is 20.7. The number of sulfonamides is 1. The average Bonchev–Trinajstić information content (AvgIpc) is 2.76. The summed E-state index contributed by atoms with van der Waals surface area (Å²) in [5.74, 6) is 1.04. The molecule has 5 rings (SSSR count). The monoisotopic (exact) mass is 427 g/mol. The number of nitrogens with zero attached hydrogens (tertiary/aromatic N) is 1. The molecule has 3 N–H and O–H groups in total. The quantitative estimate of drug-likeness (QED) is 0.441. The van der Waals surface area contributed by atoms with E-state index in [2.05, 4.69) is 14.9 Å². The fraction of sp³-hybridized carbons (Fsp3) is 0.333. The van der Waals surface area contributed by atoms with E-state index in [1.807, 2.05) is 0 Å². The van der Waals surface area contributed by atoms with Crippen molar-refractivity contribution in [2.45, 2.75) is 24.2 Å². The van der Waals surface area contributed by atoms with E-state index >= 15 is 0 Å². The van der Waals surface area contributed by atoms with Gasteiger partial charge in [0, 0.05) is 5.56 Å². The van der Waals surface area contributed by atoms with Gasteiger partial charge < -0.3 is 9.64 Å². The maximum absolute atomic E-state index is 12.9. The van der Waals surface area contributed by atoms with Crippen molar-refractivity contribution in [3.05, 3.63) is 46.8 Å². The van der Waals surface area contributed by atoms with Crippen molar-refractivity contribution < 1.29 is 18.1 Å². The maximum atomic E-state index is 12.9. The first-order valence-corrected chi connectivity index (χ1v) is 11.7. The topological polar surface area (TPSA) is 106 Å². The Labute approximate surface area is 173 Å². The molecule has 0 atom stereocenters. The summed E-state index contributed by atoms with van der Waals surface area (Å²) in [6.45, 7) is 3.38. The predicted octanol–water partition coefficient (Wildman–Crippen LogP) is 1.04. The van der Waals surface area contributed by atoms with Crippen molar-refractivity contribution >= 4 is 20.8 Å². The summed E-state index contributed by atoms with van der Waals surface area (Å²) in [7, 11) is -3.67. The molecule has 0 aliphatic carbocycles. The molecule has 3 aromatic rings. The lowest BCUT2D eigenvalue weighted by Gasteiger charge is -2.23. The maximum Gasteiger partial charge on any atom is 0.272 e. The van der Waals surface area contributed by atoms with Crippen LogP contribution in [0.1, 0.15) is 19.3 Å². The normalized spacial score (nSPS) is 16.3.